The summed E-state index contributed by atoms with van der Waals surface area (Å²) in [6, 6.07) is 1.41. The van der Waals surface area contributed by atoms with Crippen LogP contribution in [-0.4, -0.2) is 28.2 Å². The zero-order chi connectivity index (χ0) is 10.6. The zero-order valence-corrected chi connectivity index (χ0v) is 7.14. The van der Waals surface area contributed by atoms with Crippen LogP contribution in [-0.2, 0) is 0 Å². The molecule has 1 heterocycles. The van der Waals surface area contributed by atoms with Crippen molar-refractivity contribution in [3.63, 3.8) is 0 Å². The number of nitrogens with zero attached hydrogens (tertiary/aromatic N) is 2. The lowest BCUT2D eigenvalue weighted by Gasteiger charge is -1.83. The molecule has 0 aromatic carbocycles. The molecule has 1 aromatic rings. The van der Waals surface area contributed by atoms with Gasteiger partial charge in [0.15, 0.2) is 0 Å². The molecule has 0 amide bonds. The first kappa shape index (κ1) is 9.78. The molecule has 0 saturated heterocycles. The van der Waals surface area contributed by atoms with E-state index in [9.17, 15) is 4.79 Å². The summed E-state index contributed by atoms with van der Waals surface area (Å²) in [7, 11) is 0. The first-order valence-corrected chi connectivity index (χ1v) is 3.63. The molecule has 0 saturated carbocycles. The maximum atomic E-state index is 10.5. The Kier molecular flexibility index (Phi) is 2.85. The molecule has 0 fully saturated rings. The largest absolute Gasteiger partial charge is 0.477 e. The number of aromatic nitrogens is 1. The lowest BCUT2D eigenvalue weighted by atomic mass is 10.3. The molecule has 14 heavy (non-hydrogen) atoms. The van der Waals surface area contributed by atoms with E-state index in [2.05, 4.69) is 15.2 Å². The quantitative estimate of drug-likeness (QED) is 0.289. The van der Waals surface area contributed by atoms with Crippen LogP contribution in [0.3, 0.4) is 0 Å². The number of nitrogens with two attached hydrogens (primary N) is 2. The van der Waals surface area contributed by atoms with Crippen molar-refractivity contribution in [2.24, 2.45) is 21.7 Å². The second-order valence-corrected chi connectivity index (χ2v) is 2.42. The van der Waals surface area contributed by atoms with Gasteiger partial charge in [0.05, 0.1) is 6.21 Å². The van der Waals surface area contributed by atoms with Gasteiger partial charge in [-0.1, -0.05) is 0 Å². The van der Waals surface area contributed by atoms with E-state index in [1.54, 1.807) is 0 Å². The molecule has 0 unspecified atom stereocenters. The van der Waals surface area contributed by atoms with E-state index in [1.807, 2.05) is 0 Å². The van der Waals surface area contributed by atoms with E-state index in [0.717, 1.165) is 0 Å². The predicted octanol–water partition coefficient (Wildman–Crippen LogP) is -0.680. The van der Waals surface area contributed by atoms with Gasteiger partial charge < -0.3 is 21.6 Å². The Hall–Kier alpha value is -2.31. The van der Waals surface area contributed by atoms with Crippen molar-refractivity contribution in [2.75, 3.05) is 0 Å². The van der Waals surface area contributed by atoms with Crippen LogP contribution in [0, 0.1) is 0 Å². The van der Waals surface area contributed by atoms with E-state index >= 15 is 0 Å². The van der Waals surface area contributed by atoms with Crippen LogP contribution in [0.25, 0.3) is 0 Å². The minimum atomic E-state index is -1.04. The third-order valence-corrected chi connectivity index (χ3v) is 1.32. The van der Waals surface area contributed by atoms with E-state index in [4.69, 9.17) is 16.6 Å². The second kappa shape index (κ2) is 4.08. The van der Waals surface area contributed by atoms with Gasteiger partial charge in [-0.05, 0) is 6.07 Å². The van der Waals surface area contributed by atoms with Crippen LogP contribution < -0.4 is 11.5 Å². The van der Waals surface area contributed by atoms with Gasteiger partial charge in [0.1, 0.15) is 5.69 Å². The van der Waals surface area contributed by atoms with Crippen molar-refractivity contribution in [3.8, 4) is 0 Å². The fraction of sp³-hybridized carbons (Fsp3) is 0. The van der Waals surface area contributed by atoms with Crippen molar-refractivity contribution in [1.82, 2.24) is 4.98 Å². The van der Waals surface area contributed by atoms with Crippen molar-refractivity contribution >= 4 is 18.1 Å². The first-order chi connectivity index (χ1) is 6.59. The fourth-order valence-electron chi connectivity index (χ4n) is 0.771. The number of guanidine groups is 1. The van der Waals surface area contributed by atoms with Crippen molar-refractivity contribution in [2.45, 2.75) is 0 Å². The Morgan fingerprint density at radius 3 is 2.79 bits per heavy atom. The third kappa shape index (κ3) is 2.63. The summed E-state index contributed by atoms with van der Waals surface area (Å²) in [5.41, 5.74) is 10.7. The topological polar surface area (TPSA) is 130 Å². The third-order valence-electron chi connectivity index (χ3n) is 1.32. The van der Waals surface area contributed by atoms with Crippen molar-refractivity contribution < 1.29 is 9.90 Å². The van der Waals surface area contributed by atoms with Crippen LogP contribution in [0.1, 0.15) is 16.1 Å². The van der Waals surface area contributed by atoms with Crippen LogP contribution in [0.5, 0.6) is 0 Å². The van der Waals surface area contributed by atoms with Gasteiger partial charge in [0, 0.05) is 11.8 Å². The summed E-state index contributed by atoms with van der Waals surface area (Å²) in [6.07, 6.45) is 2.82. The highest BCUT2D eigenvalue weighted by Crippen LogP contribution is 2.00. The summed E-state index contributed by atoms with van der Waals surface area (Å²) in [4.78, 5) is 13.0. The Labute approximate surface area is 79.1 Å². The van der Waals surface area contributed by atoms with Gasteiger partial charge in [0.2, 0.25) is 5.96 Å². The Bertz CT molecular complexity index is 389. The number of nitrogens with one attached hydrogen (secondary N) is 1. The van der Waals surface area contributed by atoms with Crippen molar-refractivity contribution in [1.29, 1.82) is 0 Å². The number of aromatic carboxylic acids is 1. The SMILES string of the molecule is NC(N)=N/N=C/c1c[nH]c(C(=O)O)c1. The fourth-order valence-corrected chi connectivity index (χ4v) is 0.771. The van der Waals surface area contributed by atoms with Gasteiger partial charge in [0.25, 0.3) is 0 Å². The highest BCUT2D eigenvalue weighted by molar-refractivity contribution is 5.89. The van der Waals surface area contributed by atoms with Gasteiger partial charge >= 0.3 is 5.97 Å². The number of H-pyrrole nitrogens is 1. The van der Waals surface area contributed by atoms with E-state index in [0.29, 0.717) is 5.56 Å². The first-order valence-electron chi connectivity index (χ1n) is 3.63. The van der Waals surface area contributed by atoms with Crippen LogP contribution in [0.15, 0.2) is 22.5 Å². The molecule has 0 bridgehead atoms. The predicted molar refractivity (Wildman–Crippen MR) is 51.2 cm³/mol. The number of rotatable bonds is 3. The number of carbonyl (C=O) groups is 1. The molecule has 0 atom stereocenters. The molecule has 6 N–H and O–H groups in total. The Morgan fingerprint density at radius 1 is 1.57 bits per heavy atom. The maximum Gasteiger partial charge on any atom is 0.352 e. The highest BCUT2D eigenvalue weighted by Gasteiger charge is 2.03. The molecular formula is C7H9N5O2. The van der Waals surface area contributed by atoms with Crippen LogP contribution >= 0.6 is 0 Å². The lowest BCUT2D eigenvalue weighted by Crippen LogP contribution is -2.21. The molecule has 0 aliphatic heterocycles. The summed E-state index contributed by atoms with van der Waals surface area (Å²) in [5, 5.41) is 15.4. The van der Waals surface area contributed by atoms with Gasteiger partial charge in [-0.2, -0.15) is 5.10 Å². The Morgan fingerprint density at radius 2 is 2.29 bits per heavy atom. The molecule has 1 aromatic heterocycles. The van der Waals surface area contributed by atoms with Gasteiger partial charge in [-0.25, -0.2) is 4.79 Å². The summed E-state index contributed by atoms with van der Waals surface area (Å²) in [5.74, 6) is -1.19. The minimum absolute atomic E-state index is 0.0798. The number of hydrogen-bond acceptors (Lipinski definition) is 3. The second-order valence-electron chi connectivity index (χ2n) is 2.42. The minimum Gasteiger partial charge on any atom is -0.477 e. The standard InChI is InChI=1S/C7H9N5O2/c8-7(9)12-11-3-4-1-5(6(13)14)10-2-4/h1-3,10H,(H,13,14)(H4,8,9,12)/b11-3+. The normalized spacial score (nSPS) is 10.3. The smallest absolute Gasteiger partial charge is 0.352 e. The Balaban J connectivity index is 2.74. The molecule has 0 radical (unpaired) electrons. The molecule has 0 aliphatic rings. The average Bonchev–Trinajstić information content (AvgIpc) is 2.52. The van der Waals surface area contributed by atoms with Crippen LogP contribution in [0.2, 0.25) is 0 Å². The number of hydrogen-bond donors (Lipinski definition) is 4. The van der Waals surface area contributed by atoms with E-state index in [1.165, 1.54) is 18.5 Å². The molecule has 0 spiro atoms. The maximum absolute atomic E-state index is 10.5. The average molecular weight is 195 g/mol. The molecule has 74 valence electrons. The molecule has 1 rings (SSSR count). The van der Waals surface area contributed by atoms with E-state index in [-0.39, 0.29) is 11.7 Å². The van der Waals surface area contributed by atoms with Crippen molar-refractivity contribution in [3.05, 3.63) is 23.5 Å². The van der Waals surface area contributed by atoms with Gasteiger partial charge in [-0.15, -0.1) is 5.10 Å². The van der Waals surface area contributed by atoms with Crippen LogP contribution in [0.4, 0.5) is 0 Å². The summed E-state index contributed by atoms with van der Waals surface area (Å²) in [6.45, 7) is 0. The zero-order valence-electron chi connectivity index (χ0n) is 7.14. The lowest BCUT2D eigenvalue weighted by molar-refractivity contribution is 0.0691. The molecule has 0 aliphatic carbocycles. The molecule has 7 heteroatoms. The monoisotopic (exact) mass is 195 g/mol. The molecular weight excluding hydrogens is 186 g/mol. The summed E-state index contributed by atoms with van der Waals surface area (Å²) < 4.78 is 0. The highest BCUT2D eigenvalue weighted by atomic mass is 16.4. The number of carboxylic acid groups (broad SMARTS) is 1. The van der Waals surface area contributed by atoms with E-state index < -0.39 is 5.97 Å². The summed E-state index contributed by atoms with van der Waals surface area (Å²) >= 11 is 0. The molecule has 7 nitrogen and oxygen atoms in total. The van der Waals surface area contributed by atoms with Gasteiger partial charge in [-0.3, -0.25) is 0 Å². The number of aromatic amines is 1. The number of carboxylic acids is 1.